The Morgan fingerprint density at radius 3 is 2.31 bits per heavy atom. The zero-order valence-electron chi connectivity index (χ0n) is 18.4. The largest absolute Gasteiger partial charge is 0.497 e. The number of rotatable bonds is 11. The Kier molecular flexibility index (Phi) is 9.05. The van der Waals surface area contributed by atoms with Gasteiger partial charge in [-0.25, -0.2) is 0 Å². The van der Waals surface area contributed by atoms with Gasteiger partial charge in [0, 0.05) is 46.0 Å². The van der Waals surface area contributed by atoms with Gasteiger partial charge in [0.05, 0.1) is 26.9 Å². The maximum Gasteiger partial charge on any atom is 0.122 e. The van der Waals surface area contributed by atoms with E-state index in [-0.39, 0.29) is 0 Å². The number of methoxy groups -OCH3 is 3. The molecule has 6 heteroatoms. The summed E-state index contributed by atoms with van der Waals surface area (Å²) in [6.45, 7) is 8.16. The molecule has 3 rings (SSSR count). The quantitative estimate of drug-likeness (QED) is 0.563. The van der Waals surface area contributed by atoms with Crippen LogP contribution < -0.4 is 9.47 Å². The number of likely N-dealkylation sites (tertiary alicyclic amines) is 1. The molecule has 6 nitrogen and oxygen atoms in total. The smallest absolute Gasteiger partial charge is 0.122 e. The lowest BCUT2D eigenvalue weighted by molar-refractivity contribution is 0.0551. The summed E-state index contributed by atoms with van der Waals surface area (Å²) in [7, 11) is 5.20. The van der Waals surface area contributed by atoms with Gasteiger partial charge in [-0.15, -0.1) is 0 Å². The normalized spacial score (nSPS) is 21.0. The fraction of sp³-hybridized carbons (Fsp3) is 0.739. The number of hydrogen-bond acceptors (Lipinski definition) is 6. The summed E-state index contributed by atoms with van der Waals surface area (Å²) in [5, 5.41) is 0. The molecule has 0 amide bonds. The van der Waals surface area contributed by atoms with Gasteiger partial charge in [-0.3, -0.25) is 4.90 Å². The highest BCUT2D eigenvalue weighted by Crippen LogP contribution is 2.26. The average molecular weight is 407 g/mol. The minimum absolute atomic E-state index is 0.365. The molecule has 0 spiro atoms. The molecule has 2 aliphatic heterocycles. The van der Waals surface area contributed by atoms with Crippen LogP contribution in [0.25, 0.3) is 0 Å². The number of piperidine rings is 1. The van der Waals surface area contributed by atoms with E-state index < -0.39 is 0 Å². The Morgan fingerprint density at radius 1 is 1.00 bits per heavy atom. The van der Waals surface area contributed by atoms with Gasteiger partial charge < -0.3 is 23.8 Å². The second-order valence-electron chi connectivity index (χ2n) is 8.33. The Morgan fingerprint density at radius 2 is 1.72 bits per heavy atom. The van der Waals surface area contributed by atoms with Gasteiger partial charge >= 0.3 is 0 Å². The molecule has 0 aromatic heterocycles. The van der Waals surface area contributed by atoms with E-state index in [0.717, 1.165) is 56.8 Å². The van der Waals surface area contributed by atoms with E-state index in [2.05, 4.69) is 21.9 Å². The van der Waals surface area contributed by atoms with E-state index in [4.69, 9.17) is 18.9 Å². The maximum absolute atomic E-state index is 5.95. The summed E-state index contributed by atoms with van der Waals surface area (Å²) in [5.41, 5.74) is 1.23. The van der Waals surface area contributed by atoms with Gasteiger partial charge in [-0.1, -0.05) is 0 Å². The van der Waals surface area contributed by atoms with Crippen LogP contribution in [0, 0.1) is 5.92 Å². The van der Waals surface area contributed by atoms with Crippen LogP contribution in [-0.4, -0.2) is 83.2 Å². The van der Waals surface area contributed by atoms with Gasteiger partial charge in [-0.05, 0) is 62.4 Å². The molecular weight excluding hydrogens is 368 g/mol. The summed E-state index contributed by atoms with van der Waals surface area (Å²) in [4.78, 5) is 5.11. The molecule has 0 saturated carbocycles. The van der Waals surface area contributed by atoms with Crippen molar-refractivity contribution in [1.82, 2.24) is 9.80 Å². The minimum atomic E-state index is 0.365. The second kappa shape index (κ2) is 11.7. The zero-order valence-corrected chi connectivity index (χ0v) is 18.4. The Labute approximate surface area is 176 Å². The van der Waals surface area contributed by atoms with Crippen molar-refractivity contribution in [3.8, 4) is 11.5 Å². The summed E-state index contributed by atoms with van der Waals surface area (Å²) in [6, 6.07) is 6.18. The van der Waals surface area contributed by atoms with Crippen molar-refractivity contribution in [3.05, 3.63) is 23.8 Å². The van der Waals surface area contributed by atoms with Crippen LogP contribution in [-0.2, 0) is 16.0 Å². The van der Waals surface area contributed by atoms with Crippen molar-refractivity contribution in [2.24, 2.45) is 5.92 Å². The van der Waals surface area contributed by atoms with Crippen molar-refractivity contribution < 1.29 is 18.9 Å². The average Bonchev–Trinajstić information content (AvgIpc) is 3.26. The van der Waals surface area contributed by atoms with E-state index >= 15 is 0 Å². The van der Waals surface area contributed by atoms with Gasteiger partial charge in [0.25, 0.3) is 0 Å². The van der Waals surface area contributed by atoms with Crippen LogP contribution >= 0.6 is 0 Å². The topological polar surface area (TPSA) is 43.4 Å². The maximum atomic E-state index is 5.95. The molecule has 1 aromatic carbocycles. The third-order valence-electron chi connectivity index (χ3n) is 6.14. The highest BCUT2D eigenvalue weighted by Gasteiger charge is 2.25. The van der Waals surface area contributed by atoms with Gasteiger partial charge in [0.1, 0.15) is 11.5 Å². The van der Waals surface area contributed by atoms with Crippen molar-refractivity contribution in [2.75, 3.05) is 67.3 Å². The Balaban J connectivity index is 1.61. The van der Waals surface area contributed by atoms with E-state index in [9.17, 15) is 0 Å². The second-order valence-corrected chi connectivity index (χ2v) is 8.33. The predicted molar refractivity (Wildman–Crippen MR) is 115 cm³/mol. The highest BCUT2D eigenvalue weighted by molar-refractivity contribution is 5.38. The monoisotopic (exact) mass is 406 g/mol. The first-order valence-electron chi connectivity index (χ1n) is 11.0. The molecule has 2 aliphatic rings. The molecule has 2 saturated heterocycles. The number of nitrogens with zero attached hydrogens (tertiary/aromatic N) is 2. The number of hydrogen-bond donors (Lipinski definition) is 0. The molecule has 0 N–H and O–H groups in total. The molecule has 29 heavy (non-hydrogen) atoms. The minimum Gasteiger partial charge on any atom is -0.497 e. The van der Waals surface area contributed by atoms with E-state index in [0.29, 0.717) is 6.10 Å². The van der Waals surface area contributed by atoms with E-state index in [1.54, 1.807) is 21.3 Å². The van der Waals surface area contributed by atoms with E-state index in [1.807, 2.05) is 6.07 Å². The predicted octanol–water partition coefficient (Wildman–Crippen LogP) is 3.04. The fourth-order valence-corrected chi connectivity index (χ4v) is 4.47. The van der Waals surface area contributed by atoms with Crippen LogP contribution in [0.1, 0.15) is 31.2 Å². The molecule has 0 unspecified atom stereocenters. The molecule has 0 bridgehead atoms. The first-order chi connectivity index (χ1) is 14.2. The highest BCUT2D eigenvalue weighted by atomic mass is 16.5. The molecule has 1 aromatic rings. The van der Waals surface area contributed by atoms with Crippen LogP contribution in [0.4, 0.5) is 0 Å². The lowest BCUT2D eigenvalue weighted by Crippen LogP contribution is -2.41. The van der Waals surface area contributed by atoms with Gasteiger partial charge in [0.2, 0.25) is 0 Å². The standard InChI is InChI=1S/C23H38N2O4/c1-26-12-10-24-8-6-19(7-9-24)16-25(18-21-5-4-11-29-21)17-20-13-22(27-2)15-23(14-20)28-3/h13-15,19,21H,4-12,16-18H2,1-3H3/t21-/m0/s1. The lowest BCUT2D eigenvalue weighted by atomic mass is 9.95. The third-order valence-corrected chi connectivity index (χ3v) is 6.14. The summed E-state index contributed by atoms with van der Waals surface area (Å²) < 4.78 is 22.1. The first kappa shape index (κ1) is 22.3. The fourth-order valence-electron chi connectivity index (χ4n) is 4.47. The van der Waals surface area contributed by atoms with Gasteiger partial charge in [0.15, 0.2) is 0 Å². The number of benzene rings is 1. The molecule has 2 heterocycles. The summed E-state index contributed by atoms with van der Waals surface area (Å²) in [6.07, 6.45) is 5.24. The number of ether oxygens (including phenoxy) is 4. The van der Waals surface area contributed by atoms with Crippen molar-refractivity contribution in [1.29, 1.82) is 0 Å². The molecule has 164 valence electrons. The van der Waals surface area contributed by atoms with Crippen LogP contribution in [0.3, 0.4) is 0 Å². The van der Waals surface area contributed by atoms with Crippen molar-refractivity contribution in [3.63, 3.8) is 0 Å². The summed E-state index contributed by atoms with van der Waals surface area (Å²) in [5.74, 6) is 2.44. The molecule has 0 aliphatic carbocycles. The molecule has 1 atom stereocenters. The third kappa shape index (κ3) is 7.14. The SMILES string of the molecule is COCCN1CCC(CN(Cc2cc(OC)cc(OC)c2)C[C@@H]2CCCO2)CC1. The molecule has 2 fully saturated rings. The zero-order chi connectivity index (χ0) is 20.5. The summed E-state index contributed by atoms with van der Waals surface area (Å²) >= 11 is 0. The first-order valence-corrected chi connectivity index (χ1v) is 11.0. The van der Waals surface area contributed by atoms with Crippen LogP contribution in [0.15, 0.2) is 18.2 Å². The van der Waals surface area contributed by atoms with Crippen LogP contribution in [0.2, 0.25) is 0 Å². The van der Waals surface area contributed by atoms with Crippen molar-refractivity contribution in [2.45, 2.75) is 38.3 Å². The molecule has 0 radical (unpaired) electrons. The van der Waals surface area contributed by atoms with Crippen molar-refractivity contribution >= 4 is 0 Å². The Hall–Kier alpha value is -1.34. The Bertz CT molecular complexity index is 576. The molecular formula is C23H38N2O4. The van der Waals surface area contributed by atoms with Crippen LogP contribution in [0.5, 0.6) is 11.5 Å². The van der Waals surface area contributed by atoms with Gasteiger partial charge in [-0.2, -0.15) is 0 Å². The lowest BCUT2D eigenvalue weighted by Gasteiger charge is -2.35. The van der Waals surface area contributed by atoms with E-state index in [1.165, 1.54) is 44.3 Å².